The third kappa shape index (κ3) is 4.87. The molecule has 2 heterocycles. The SMILES string of the molecule is CSc1ccc([C@H](Nc2cccc[nH+]2)c2c(NC(=O)c3ccccc3)sc(C)c2C)cc1. The summed E-state index contributed by atoms with van der Waals surface area (Å²) in [7, 11) is 0. The average molecular weight is 461 g/mol. The number of carbonyl (C=O) groups excluding carboxylic acids is 1. The van der Waals surface area contributed by atoms with Gasteiger partial charge in [0.1, 0.15) is 11.0 Å². The molecule has 4 aromatic rings. The number of nitrogens with one attached hydrogen (secondary N) is 3. The van der Waals surface area contributed by atoms with Gasteiger partial charge in [-0.25, -0.2) is 4.98 Å². The average Bonchev–Trinajstić information content (AvgIpc) is 3.11. The van der Waals surface area contributed by atoms with Crippen molar-refractivity contribution in [3.8, 4) is 0 Å². The van der Waals surface area contributed by atoms with Gasteiger partial charge in [0, 0.05) is 32.5 Å². The topological polar surface area (TPSA) is 55.3 Å². The predicted molar refractivity (Wildman–Crippen MR) is 135 cm³/mol. The van der Waals surface area contributed by atoms with Gasteiger partial charge in [-0.15, -0.1) is 23.1 Å². The lowest BCUT2D eigenvalue weighted by Crippen LogP contribution is -2.21. The molecule has 1 atom stereocenters. The van der Waals surface area contributed by atoms with Crippen LogP contribution in [0.15, 0.2) is 83.9 Å². The predicted octanol–water partition coefficient (Wildman–Crippen LogP) is 6.35. The van der Waals surface area contributed by atoms with Crippen molar-refractivity contribution in [1.29, 1.82) is 0 Å². The minimum Gasteiger partial charge on any atom is -0.313 e. The van der Waals surface area contributed by atoms with Crippen molar-refractivity contribution >= 4 is 39.8 Å². The number of thioether (sulfide) groups is 1. The Morgan fingerprint density at radius 1 is 0.969 bits per heavy atom. The smallest absolute Gasteiger partial charge is 0.272 e. The summed E-state index contributed by atoms with van der Waals surface area (Å²) in [6.07, 6.45) is 3.98. The number of thiophene rings is 1. The number of carbonyl (C=O) groups is 1. The third-order valence-corrected chi connectivity index (χ3v) is 7.32. The Kier molecular flexibility index (Phi) is 6.93. The zero-order chi connectivity index (χ0) is 22.5. The molecule has 0 fully saturated rings. The van der Waals surface area contributed by atoms with Gasteiger partial charge in [-0.05, 0) is 56.0 Å². The highest BCUT2D eigenvalue weighted by Gasteiger charge is 2.28. The van der Waals surface area contributed by atoms with Crippen LogP contribution in [-0.2, 0) is 0 Å². The first kappa shape index (κ1) is 22.1. The quantitative estimate of drug-likeness (QED) is 0.316. The molecule has 32 heavy (non-hydrogen) atoms. The van der Waals surface area contributed by atoms with Crippen LogP contribution in [0.3, 0.4) is 0 Å². The highest BCUT2D eigenvalue weighted by molar-refractivity contribution is 7.98. The number of amides is 1. The monoisotopic (exact) mass is 460 g/mol. The lowest BCUT2D eigenvalue weighted by atomic mass is 9.96. The zero-order valence-corrected chi connectivity index (χ0v) is 19.9. The number of hydrogen-bond acceptors (Lipinski definition) is 4. The molecule has 0 saturated heterocycles. The highest BCUT2D eigenvalue weighted by Crippen LogP contribution is 2.41. The fourth-order valence-corrected chi connectivity index (χ4v) is 5.11. The van der Waals surface area contributed by atoms with Gasteiger partial charge in [-0.2, -0.15) is 0 Å². The van der Waals surface area contributed by atoms with Crippen molar-refractivity contribution < 1.29 is 9.78 Å². The number of aromatic amines is 1. The van der Waals surface area contributed by atoms with Crippen molar-refractivity contribution in [1.82, 2.24) is 0 Å². The van der Waals surface area contributed by atoms with E-state index in [2.05, 4.69) is 60.0 Å². The van der Waals surface area contributed by atoms with Gasteiger partial charge in [0.2, 0.25) is 0 Å². The van der Waals surface area contributed by atoms with E-state index < -0.39 is 0 Å². The number of benzene rings is 2. The van der Waals surface area contributed by atoms with Crippen molar-refractivity contribution in [3.05, 3.63) is 106 Å². The van der Waals surface area contributed by atoms with Gasteiger partial charge in [0.15, 0.2) is 0 Å². The third-order valence-electron chi connectivity index (χ3n) is 5.44. The van der Waals surface area contributed by atoms with E-state index in [0.717, 1.165) is 21.9 Å². The molecule has 3 N–H and O–H groups in total. The fourth-order valence-electron chi connectivity index (χ4n) is 3.61. The van der Waals surface area contributed by atoms with Crippen LogP contribution >= 0.6 is 23.1 Å². The molecule has 0 radical (unpaired) electrons. The summed E-state index contributed by atoms with van der Waals surface area (Å²) in [5.74, 6) is 0.811. The lowest BCUT2D eigenvalue weighted by Gasteiger charge is -2.18. The largest absolute Gasteiger partial charge is 0.313 e. The number of rotatable bonds is 7. The van der Waals surface area contributed by atoms with Crippen LogP contribution in [0.25, 0.3) is 0 Å². The first-order chi connectivity index (χ1) is 15.6. The highest BCUT2D eigenvalue weighted by atomic mass is 32.2. The van der Waals surface area contributed by atoms with Gasteiger partial charge in [0.25, 0.3) is 11.7 Å². The van der Waals surface area contributed by atoms with Crippen LogP contribution in [0, 0.1) is 13.8 Å². The second-order valence-electron chi connectivity index (χ2n) is 7.47. The molecule has 162 valence electrons. The van der Waals surface area contributed by atoms with Crippen LogP contribution in [0.1, 0.15) is 38.0 Å². The Hall–Kier alpha value is -3.09. The summed E-state index contributed by atoms with van der Waals surface area (Å²) in [5, 5.41) is 7.69. The molecule has 0 unspecified atom stereocenters. The van der Waals surface area contributed by atoms with Gasteiger partial charge in [-0.3, -0.25) is 10.1 Å². The molecule has 0 aliphatic heterocycles. The van der Waals surface area contributed by atoms with E-state index in [4.69, 9.17) is 0 Å². The number of pyridine rings is 1. The molecule has 0 bridgehead atoms. The Balaban J connectivity index is 1.76. The normalized spacial score (nSPS) is 11.7. The Morgan fingerprint density at radius 3 is 2.34 bits per heavy atom. The van der Waals surface area contributed by atoms with Crippen LogP contribution in [0.2, 0.25) is 0 Å². The van der Waals surface area contributed by atoms with E-state index >= 15 is 0 Å². The first-order valence-electron chi connectivity index (χ1n) is 10.4. The molecule has 2 aromatic carbocycles. The second-order valence-corrected chi connectivity index (χ2v) is 9.58. The molecule has 0 spiro atoms. The number of H-pyrrole nitrogens is 1. The van der Waals surface area contributed by atoms with Crippen LogP contribution in [-0.4, -0.2) is 12.2 Å². The summed E-state index contributed by atoms with van der Waals surface area (Å²) in [5.41, 5.74) is 4.05. The number of hydrogen-bond donors (Lipinski definition) is 2. The van der Waals surface area contributed by atoms with Crippen LogP contribution < -0.4 is 15.6 Å². The number of anilines is 2. The van der Waals surface area contributed by atoms with E-state index in [1.807, 2.05) is 54.7 Å². The van der Waals surface area contributed by atoms with Crippen molar-refractivity contribution in [2.75, 3.05) is 16.9 Å². The Bertz CT molecular complexity index is 1190. The molecule has 2 aromatic heterocycles. The second kappa shape index (κ2) is 10.0. The van der Waals surface area contributed by atoms with Gasteiger partial charge >= 0.3 is 0 Å². The maximum atomic E-state index is 13.0. The molecule has 1 amide bonds. The van der Waals surface area contributed by atoms with Crippen LogP contribution in [0.4, 0.5) is 10.8 Å². The maximum absolute atomic E-state index is 13.0. The van der Waals surface area contributed by atoms with Crippen LogP contribution in [0.5, 0.6) is 0 Å². The molecule has 4 rings (SSSR count). The van der Waals surface area contributed by atoms with Gasteiger partial charge in [-0.1, -0.05) is 36.4 Å². The van der Waals surface area contributed by atoms with E-state index in [9.17, 15) is 4.79 Å². The van der Waals surface area contributed by atoms with E-state index in [-0.39, 0.29) is 11.9 Å². The zero-order valence-electron chi connectivity index (χ0n) is 18.3. The van der Waals surface area contributed by atoms with Gasteiger partial charge < -0.3 is 5.32 Å². The minimum atomic E-state index is -0.124. The summed E-state index contributed by atoms with van der Waals surface area (Å²) >= 11 is 3.34. The first-order valence-corrected chi connectivity index (χ1v) is 12.4. The van der Waals surface area contributed by atoms with E-state index in [1.54, 1.807) is 23.1 Å². The molecule has 0 aliphatic rings. The molecule has 6 heteroatoms. The van der Waals surface area contributed by atoms with Crippen molar-refractivity contribution in [2.45, 2.75) is 24.8 Å². The Labute approximate surface area is 197 Å². The molecular weight excluding hydrogens is 434 g/mol. The van der Waals surface area contributed by atoms with E-state index in [1.165, 1.54) is 15.3 Å². The number of aromatic nitrogens is 1. The molecule has 0 saturated carbocycles. The number of aryl methyl sites for hydroxylation is 1. The molecular formula is C26H26N3OS2+. The van der Waals surface area contributed by atoms with Crippen molar-refractivity contribution in [3.63, 3.8) is 0 Å². The van der Waals surface area contributed by atoms with E-state index in [0.29, 0.717) is 5.56 Å². The minimum absolute atomic E-state index is 0.101. The standard InChI is InChI=1S/C26H25N3OS2/c1-17-18(2)32-26(29-25(30)20-9-5-4-6-10-20)23(17)24(28-22-11-7-8-16-27-22)19-12-14-21(31-3)15-13-19/h4-16,24H,1-3H3,(H,27,28)(H,29,30)/p+1/t24-/m0/s1. The lowest BCUT2D eigenvalue weighted by molar-refractivity contribution is -0.361. The molecule has 4 nitrogen and oxygen atoms in total. The molecule has 0 aliphatic carbocycles. The van der Waals surface area contributed by atoms with Gasteiger partial charge in [0.05, 0.1) is 6.20 Å². The maximum Gasteiger partial charge on any atom is 0.272 e. The summed E-state index contributed by atoms with van der Waals surface area (Å²) in [4.78, 5) is 18.6. The summed E-state index contributed by atoms with van der Waals surface area (Å²) in [6, 6.07) is 23.8. The Morgan fingerprint density at radius 2 is 1.69 bits per heavy atom. The summed E-state index contributed by atoms with van der Waals surface area (Å²) in [6.45, 7) is 4.23. The summed E-state index contributed by atoms with van der Waals surface area (Å²) < 4.78 is 0. The van der Waals surface area contributed by atoms with Crippen molar-refractivity contribution in [2.24, 2.45) is 0 Å². The fraction of sp³-hybridized carbons (Fsp3) is 0.154.